The molecule has 2 aromatic rings. The Labute approximate surface area is 156 Å². The summed E-state index contributed by atoms with van der Waals surface area (Å²) in [6.07, 6.45) is 11.9. The Morgan fingerprint density at radius 3 is 2.77 bits per heavy atom. The molecule has 0 aliphatic carbocycles. The van der Waals surface area contributed by atoms with Gasteiger partial charge in [0.25, 0.3) is 0 Å². The number of unbranched alkanes of at least 4 members (excludes halogenated alkanes) is 1. The predicted octanol–water partition coefficient (Wildman–Crippen LogP) is 2.78. The van der Waals surface area contributed by atoms with E-state index in [0.29, 0.717) is 0 Å². The third-order valence-corrected chi connectivity index (χ3v) is 6.37. The fourth-order valence-electron chi connectivity index (χ4n) is 4.81. The number of likely N-dealkylation sites (tertiary alicyclic amines) is 1. The van der Waals surface area contributed by atoms with Gasteiger partial charge >= 0.3 is 0 Å². The van der Waals surface area contributed by atoms with E-state index in [0.717, 1.165) is 39.1 Å². The van der Waals surface area contributed by atoms with E-state index in [9.17, 15) is 0 Å². The van der Waals surface area contributed by atoms with Gasteiger partial charge < -0.3 is 9.55 Å². The van der Waals surface area contributed by atoms with Crippen molar-refractivity contribution in [1.82, 2.24) is 29.3 Å². The van der Waals surface area contributed by atoms with Gasteiger partial charge in [0.2, 0.25) is 0 Å². The van der Waals surface area contributed by atoms with Gasteiger partial charge in [-0.2, -0.15) is 0 Å². The molecule has 1 fully saturated rings. The number of imidazole rings is 2. The summed E-state index contributed by atoms with van der Waals surface area (Å²) in [5.41, 5.74) is 2.83. The zero-order chi connectivity index (χ0) is 18.0. The summed E-state index contributed by atoms with van der Waals surface area (Å²) in [6.45, 7) is 11.0. The van der Waals surface area contributed by atoms with Crippen LogP contribution >= 0.6 is 0 Å². The maximum Gasteiger partial charge on any atom is 0.122 e. The van der Waals surface area contributed by atoms with E-state index in [1.165, 1.54) is 49.4 Å². The summed E-state index contributed by atoms with van der Waals surface area (Å²) >= 11 is 0. The smallest absolute Gasteiger partial charge is 0.122 e. The number of fused-ring (bicyclic) bond motifs is 2. The molecular formula is C20H32N6. The van der Waals surface area contributed by atoms with Crippen LogP contribution in [0.1, 0.15) is 56.7 Å². The molecule has 6 heteroatoms. The van der Waals surface area contributed by atoms with Crippen LogP contribution in [0, 0.1) is 0 Å². The van der Waals surface area contributed by atoms with Crippen LogP contribution in [0.2, 0.25) is 0 Å². The molecule has 2 aromatic heterocycles. The van der Waals surface area contributed by atoms with Gasteiger partial charge in [-0.1, -0.05) is 13.3 Å². The van der Waals surface area contributed by atoms with E-state index in [1.807, 2.05) is 12.5 Å². The van der Waals surface area contributed by atoms with Gasteiger partial charge in [-0.05, 0) is 32.7 Å². The minimum atomic E-state index is 0.138. The van der Waals surface area contributed by atoms with Crippen molar-refractivity contribution in [2.45, 2.75) is 64.6 Å². The number of piperidine rings is 1. The first-order chi connectivity index (χ1) is 12.8. The third kappa shape index (κ3) is 3.09. The zero-order valence-electron chi connectivity index (χ0n) is 16.2. The minimum absolute atomic E-state index is 0.138. The van der Waals surface area contributed by atoms with Gasteiger partial charge in [0, 0.05) is 50.7 Å². The largest absolute Gasteiger partial charge is 0.348 e. The van der Waals surface area contributed by atoms with Gasteiger partial charge in [0.1, 0.15) is 5.82 Å². The topological polar surface area (TPSA) is 53.0 Å². The van der Waals surface area contributed by atoms with Gasteiger partial charge in [0.05, 0.1) is 24.1 Å². The number of hydrogen-bond donors (Lipinski definition) is 1. The van der Waals surface area contributed by atoms with Gasteiger partial charge in [0.15, 0.2) is 0 Å². The molecule has 1 saturated heterocycles. The molecule has 1 N–H and O–H groups in total. The Bertz CT molecular complexity index is 709. The van der Waals surface area contributed by atoms with Crippen LogP contribution in [0.15, 0.2) is 18.7 Å². The summed E-state index contributed by atoms with van der Waals surface area (Å²) in [4.78, 5) is 18.1. The van der Waals surface area contributed by atoms with Gasteiger partial charge in [-0.15, -0.1) is 0 Å². The minimum Gasteiger partial charge on any atom is -0.348 e. The molecule has 0 aromatic carbocycles. The van der Waals surface area contributed by atoms with Crippen LogP contribution in [0.5, 0.6) is 0 Å². The number of aromatic nitrogens is 4. The normalized spacial score (nSPS) is 20.5. The number of nitrogens with zero attached hydrogens (tertiary/aromatic N) is 5. The molecule has 4 rings (SSSR count). The molecule has 0 unspecified atom stereocenters. The van der Waals surface area contributed by atoms with Crippen molar-refractivity contribution >= 4 is 0 Å². The molecular weight excluding hydrogens is 324 g/mol. The van der Waals surface area contributed by atoms with E-state index >= 15 is 0 Å². The van der Waals surface area contributed by atoms with Crippen molar-refractivity contribution in [2.24, 2.45) is 0 Å². The molecule has 0 amide bonds. The molecule has 0 radical (unpaired) electrons. The standard InChI is InChI=1S/C20H32N6/c1-3-5-10-26-11-6-17-19(23-16-22-17)20(26)7-12-24(13-8-20)15-18-21-9-14-25(18)4-2/h9,14,16H,3-8,10-13,15H2,1-2H3,(H,22,23). The highest BCUT2D eigenvalue weighted by Gasteiger charge is 2.46. The van der Waals surface area contributed by atoms with Crippen molar-refractivity contribution in [2.75, 3.05) is 26.2 Å². The average Bonchev–Trinajstić information content (AvgIpc) is 3.32. The molecule has 4 heterocycles. The first-order valence-corrected chi connectivity index (χ1v) is 10.3. The van der Waals surface area contributed by atoms with Crippen LogP contribution < -0.4 is 0 Å². The van der Waals surface area contributed by atoms with Gasteiger partial charge in [-0.25, -0.2) is 9.97 Å². The maximum atomic E-state index is 4.79. The summed E-state index contributed by atoms with van der Waals surface area (Å²) in [5.74, 6) is 1.19. The summed E-state index contributed by atoms with van der Waals surface area (Å²) < 4.78 is 2.25. The fourth-order valence-corrected chi connectivity index (χ4v) is 4.81. The lowest BCUT2D eigenvalue weighted by atomic mass is 9.78. The quantitative estimate of drug-likeness (QED) is 0.865. The lowest BCUT2D eigenvalue weighted by molar-refractivity contribution is 0.00186. The summed E-state index contributed by atoms with van der Waals surface area (Å²) in [5, 5.41) is 0. The molecule has 0 bridgehead atoms. The second kappa shape index (κ2) is 7.53. The Hall–Kier alpha value is -1.66. The molecule has 142 valence electrons. The van der Waals surface area contributed by atoms with E-state index in [-0.39, 0.29) is 5.54 Å². The van der Waals surface area contributed by atoms with Crippen LogP contribution in [-0.2, 0) is 25.0 Å². The number of rotatable bonds is 6. The van der Waals surface area contributed by atoms with Crippen molar-refractivity contribution in [3.05, 3.63) is 35.9 Å². The zero-order valence-corrected chi connectivity index (χ0v) is 16.2. The number of H-pyrrole nitrogens is 1. The first kappa shape index (κ1) is 17.7. The Morgan fingerprint density at radius 1 is 1.15 bits per heavy atom. The van der Waals surface area contributed by atoms with Gasteiger partial charge in [-0.3, -0.25) is 9.80 Å². The lowest BCUT2D eigenvalue weighted by Gasteiger charge is -2.50. The molecule has 1 spiro atoms. The average molecular weight is 357 g/mol. The van der Waals surface area contributed by atoms with Crippen LogP contribution in [-0.4, -0.2) is 55.5 Å². The van der Waals surface area contributed by atoms with Crippen molar-refractivity contribution in [3.63, 3.8) is 0 Å². The Balaban J connectivity index is 1.50. The highest BCUT2D eigenvalue weighted by atomic mass is 15.3. The molecule has 26 heavy (non-hydrogen) atoms. The molecule has 0 atom stereocenters. The number of hydrogen-bond acceptors (Lipinski definition) is 4. The van der Waals surface area contributed by atoms with E-state index in [1.54, 1.807) is 0 Å². The van der Waals surface area contributed by atoms with Crippen molar-refractivity contribution < 1.29 is 0 Å². The van der Waals surface area contributed by atoms with Crippen LogP contribution in [0.4, 0.5) is 0 Å². The van der Waals surface area contributed by atoms with E-state index < -0.39 is 0 Å². The number of aryl methyl sites for hydroxylation is 1. The van der Waals surface area contributed by atoms with Crippen molar-refractivity contribution in [3.8, 4) is 0 Å². The van der Waals surface area contributed by atoms with Crippen LogP contribution in [0.3, 0.4) is 0 Å². The number of aromatic amines is 1. The Morgan fingerprint density at radius 2 is 2.00 bits per heavy atom. The summed E-state index contributed by atoms with van der Waals surface area (Å²) in [6, 6.07) is 0. The van der Waals surface area contributed by atoms with E-state index in [4.69, 9.17) is 4.98 Å². The Kier molecular flexibility index (Phi) is 5.14. The number of nitrogens with one attached hydrogen (secondary N) is 1. The maximum absolute atomic E-state index is 4.79. The molecule has 2 aliphatic rings. The highest BCUT2D eigenvalue weighted by Crippen LogP contribution is 2.42. The third-order valence-electron chi connectivity index (χ3n) is 6.37. The SMILES string of the molecule is CCCCN1CCc2[nH]cnc2C12CCN(Cc1nccn1CC)CC2. The second-order valence-corrected chi connectivity index (χ2v) is 7.76. The first-order valence-electron chi connectivity index (χ1n) is 10.3. The van der Waals surface area contributed by atoms with Crippen molar-refractivity contribution in [1.29, 1.82) is 0 Å². The fraction of sp³-hybridized carbons (Fsp3) is 0.700. The lowest BCUT2D eigenvalue weighted by Crippen LogP contribution is -2.56. The van der Waals surface area contributed by atoms with E-state index in [2.05, 4.69) is 44.4 Å². The molecule has 0 saturated carbocycles. The predicted molar refractivity (Wildman–Crippen MR) is 103 cm³/mol. The summed E-state index contributed by atoms with van der Waals surface area (Å²) in [7, 11) is 0. The molecule has 6 nitrogen and oxygen atoms in total. The van der Waals surface area contributed by atoms with Crippen LogP contribution in [0.25, 0.3) is 0 Å². The second-order valence-electron chi connectivity index (χ2n) is 7.76. The molecule has 2 aliphatic heterocycles. The highest BCUT2D eigenvalue weighted by molar-refractivity contribution is 5.26. The monoisotopic (exact) mass is 356 g/mol.